The number of benzene rings is 2. The van der Waals surface area contributed by atoms with E-state index in [9.17, 15) is 4.79 Å². The minimum atomic E-state index is -0.0678. The van der Waals surface area contributed by atoms with Crippen molar-refractivity contribution in [3.8, 4) is 0 Å². The summed E-state index contributed by atoms with van der Waals surface area (Å²) in [6.07, 6.45) is 0.886. The largest absolute Gasteiger partial charge is 0.326 e. The highest BCUT2D eigenvalue weighted by Crippen LogP contribution is 2.36. The summed E-state index contributed by atoms with van der Waals surface area (Å²) < 4.78 is 0. The van der Waals surface area contributed by atoms with E-state index >= 15 is 0 Å². The van der Waals surface area contributed by atoms with Crippen molar-refractivity contribution in [2.75, 3.05) is 6.54 Å². The molecule has 0 fully saturated rings. The first-order valence-corrected chi connectivity index (χ1v) is 9.17. The molecule has 0 saturated carbocycles. The third kappa shape index (κ3) is 2.74. The Morgan fingerprint density at radius 1 is 1.04 bits per heavy atom. The summed E-state index contributed by atoms with van der Waals surface area (Å²) in [6.45, 7) is 0.723. The predicted octanol–water partition coefficient (Wildman–Crippen LogP) is 5.19. The number of halogens is 1. The first-order chi connectivity index (χ1) is 11.7. The highest BCUT2D eigenvalue weighted by Gasteiger charge is 2.32. The molecule has 1 aliphatic heterocycles. The fourth-order valence-electron chi connectivity index (χ4n) is 3.33. The lowest BCUT2D eigenvalue weighted by Gasteiger charge is -2.37. The van der Waals surface area contributed by atoms with Gasteiger partial charge in [0.2, 0.25) is 0 Å². The minimum Gasteiger partial charge on any atom is -0.326 e. The molecular weight excluding hydrogens is 338 g/mol. The van der Waals surface area contributed by atoms with Crippen LogP contribution in [0.4, 0.5) is 0 Å². The Balaban J connectivity index is 1.81. The SMILES string of the molecule is O=C(c1cccs1)N1CCc2ccccc2[C@@H]1c1ccc(Cl)cc1. The standard InChI is InChI=1S/C20H16ClNOS/c21-16-9-7-15(8-10-16)19-17-5-2-1-4-14(17)11-12-22(19)20(23)18-6-3-13-24-18/h1-10,13,19H,11-12H2/t19-/m0/s1. The summed E-state index contributed by atoms with van der Waals surface area (Å²) in [4.78, 5) is 15.8. The molecule has 24 heavy (non-hydrogen) atoms. The Hall–Kier alpha value is -2.10. The van der Waals surface area contributed by atoms with Crippen molar-refractivity contribution in [3.63, 3.8) is 0 Å². The van der Waals surface area contributed by atoms with E-state index in [1.807, 2.05) is 52.7 Å². The lowest BCUT2D eigenvalue weighted by molar-refractivity contribution is 0.0699. The maximum Gasteiger partial charge on any atom is 0.264 e. The second-order valence-corrected chi connectivity index (χ2v) is 7.26. The summed E-state index contributed by atoms with van der Waals surface area (Å²) in [5.74, 6) is 0.0967. The zero-order valence-corrected chi connectivity index (χ0v) is 14.6. The summed E-state index contributed by atoms with van der Waals surface area (Å²) >= 11 is 7.55. The highest BCUT2D eigenvalue weighted by molar-refractivity contribution is 7.12. The van der Waals surface area contributed by atoms with E-state index in [-0.39, 0.29) is 11.9 Å². The third-order valence-corrected chi connectivity index (χ3v) is 5.57. The van der Waals surface area contributed by atoms with Crippen molar-refractivity contribution in [2.24, 2.45) is 0 Å². The highest BCUT2D eigenvalue weighted by atomic mass is 35.5. The molecule has 1 aromatic heterocycles. The second-order valence-electron chi connectivity index (χ2n) is 5.88. The van der Waals surface area contributed by atoms with Crippen molar-refractivity contribution >= 4 is 28.8 Å². The number of thiophene rings is 1. The van der Waals surface area contributed by atoms with E-state index in [0.29, 0.717) is 5.02 Å². The van der Waals surface area contributed by atoms with Crippen LogP contribution in [0.15, 0.2) is 66.0 Å². The zero-order chi connectivity index (χ0) is 16.5. The van der Waals surface area contributed by atoms with Gasteiger partial charge in [-0.15, -0.1) is 11.3 Å². The van der Waals surface area contributed by atoms with Gasteiger partial charge in [-0.3, -0.25) is 4.79 Å². The Morgan fingerprint density at radius 3 is 2.58 bits per heavy atom. The molecule has 4 rings (SSSR count). The van der Waals surface area contributed by atoms with Crippen LogP contribution in [0.1, 0.15) is 32.4 Å². The lowest BCUT2D eigenvalue weighted by Crippen LogP contribution is -2.40. The van der Waals surface area contributed by atoms with Gasteiger partial charge in [-0.1, -0.05) is 54.1 Å². The minimum absolute atomic E-state index is 0.0678. The molecule has 0 radical (unpaired) electrons. The van der Waals surface area contributed by atoms with Crippen LogP contribution < -0.4 is 0 Å². The average Bonchev–Trinajstić information content (AvgIpc) is 3.16. The molecule has 0 aliphatic carbocycles. The molecule has 0 N–H and O–H groups in total. The van der Waals surface area contributed by atoms with Crippen LogP contribution in [-0.2, 0) is 6.42 Å². The number of hydrogen-bond acceptors (Lipinski definition) is 2. The molecular formula is C20H16ClNOS. The number of nitrogens with zero attached hydrogens (tertiary/aromatic N) is 1. The number of hydrogen-bond donors (Lipinski definition) is 0. The third-order valence-electron chi connectivity index (χ3n) is 4.46. The smallest absolute Gasteiger partial charge is 0.264 e. The molecule has 1 atom stereocenters. The van der Waals surface area contributed by atoms with Gasteiger partial charge in [0.15, 0.2) is 0 Å². The number of fused-ring (bicyclic) bond motifs is 1. The number of carbonyl (C=O) groups is 1. The van der Waals surface area contributed by atoms with Crippen molar-refractivity contribution in [3.05, 3.63) is 92.6 Å². The maximum atomic E-state index is 13.0. The summed E-state index contributed by atoms with van der Waals surface area (Å²) in [5.41, 5.74) is 3.61. The molecule has 1 amide bonds. The monoisotopic (exact) mass is 353 g/mol. The molecule has 120 valence electrons. The lowest BCUT2D eigenvalue weighted by atomic mass is 9.88. The molecule has 0 spiro atoms. The number of carbonyl (C=O) groups excluding carboxylic acids is 1. The van der Waals surface area contributed by atoms with Gasteiger partial charge in [0.05, 0.1) is 10.9 Å². The van der Waals surface area contributed by atoms with Gasteiger partial charge in [-0.05, 0) is 46.7 Å². The van der Waals surface area contributed by atoms with Gasteiger partial charge in [0.1, 0.15) is 0 Å². The van der Waals surface area contributed by atoms with Crippen LogP contribution in [0, 0.1) is 0 Å². The molecule has 0 saturated heterocycles. The molecule has 2 aromatic carbocycles. The van der Waals surface area contributed by atoms with Crippen molar-refractivity contribution < 1.29 is 4.79 Å². The molecule has 3 aromatic rings. The van der Waals surface area contributed by atoms with Crippen molar-refractivity contribution in [1.82, 2.24) is 4.90 Å². The van der Waals surface area contributed by atoms with Crippen LogP contribution >= 0.6 is 22.9 Å². The van der Waals surface area contributed by atoms with E-state index < -0.39 is 0 Å². The van der Waals surface area contributed by atoms with E-state index in [4.69, 9.17) is 11.6 Å². The van der Waals surface area contributed by atoms with Crippen LogP contribution in [0.2, 0.25) is 5.02 Å². The van der Waals surface area contributed by atoms with E-state index in [1.165, 1.54) is 22.5 Å². The van der Waals surface area contributed by atoms with Crippen LogP contribution in [-0.4, -0.2) is 17.4 Å². The van der Waals surface area contributed by atoms with Gasteiger partial charge < -0.3 is 4.90 Å². The topological polar surface area (TPSA) is 20.3 Å². The Bertz CT molecular complexity index is 858. The fraction of sp³-hybridized carbons (Fsp3) is 0.150. The summed E-state index contributed by atoms with van der Waals surface area (Å²) in [7, 11) is 0. The van der Waals surface area contributed by atoms with Crippen LogP contribution in [0.3, 0.4) is 0 Å². The number of rotatable bonds is 2. The molecule has 0 unspecified atom stereocenters. The fourth-order valence-corrected chi connectivity index (χ4v) is 4.14. The second kappa shape index (κ2) is 6.42. The molecule has 2 nitrogen and oxygen atoms in total. The van der Waals surface area contributed by atoms with Gasteiger partial charge >= 0.3 is 0 Å². The Morgan fingerprint density at radius 2 is 1.83 bits per heavy atom. The first-order valence-electron chi connectivity index (χ1n) is 7.92. The van der Waals surface area contributed by atoms with Crippen molar-refractivity contribution in [2.45, 2.75) is 12.5 Å². The normalized spacial score (nSPS) is 16.7. The van der Waals surface area contributed by atoms with E-state index in [1.54, 1.807) is 0 Å². The van der Waals surface area contributed by atoms with Gasteiger partial charge in [-0.25, -0.2) is 0 Å². The maximum absolute atomic E-state index is 13.0. The molecule has 2 heterocycles. The van der Waals surface area contributed by atoms with Gasteiger partial charge in [-0.2, -0.15) is 0 Å². The van der Waals surface area contributed by atoms with E-state index in [2.05, 4.69) is 18.2 Å². The molecule has 0 bridgehead atoms. The average molecular weight is 354 g/mol. The van der Waals surface area contributed by atoms with Crippen molar-refractivity contribution in [1.29, 1.82) is 0 Å². The van der Waals surface area contributed by atoms with Crippen LogP contribution in [0.25, 0.3) is 0 Å². The Labute approximate surface area is 150 Å². The predicted molar refractivity (Wildman–Crippen MR) is 98.8 cm³/mol. The zero-order valence-electron chi connectivity index (χ0n) is 13.0. The quantitative estimate of drug-likeness (QED) is 0.621. The van der Waals surface area contributed by atoms with Gasteiger partial charge in [0, 0.05) is 11.6 Å². The van der Waals surface area contributed by atoms with Gasteiger partial charge in [0.25, 0.3) is 5.91 Å². The number of amides is 1. The Kier molecular flexibility index (Phi) is 4.13. The van der Waals surface area contributed by atoms with Crippen LogP contribution in [0.5, 0.6) is 0 Å². The summed E-state index contributed by atoms with van der Waals surface area (Å²) in [5, 5.41) is 2.65. The van der Waals surface area contributed by atoms with E-state index in [0.717, 1.165) is 23.4 Å². The summed E-state index contributed by atoms with van der Waals surface area (Å²) in [6, 6.07) is 20.0. The first kappa shape index (κ1) is 15.4. The molecule has 1 aliphatic rings. The molecule has 4 heteroatoms.